The highest BCUT2D eigenvalue weighted by atomic mass is 32.1. The van der Waals surface area contributed by atoms with Crippen LogP contribution in [0.4, 0.5) is 5.13 Å². The third-order valence-electron chi connectivity index (χ3n) is 3.15. The Morgan fingerprint density at radius 3 is 3.18 bits per heavy atom. The number of rotatable bonds is 4. The van der Waals surface area contributed by atoms with Crippen molar-refractivity contribution < 1.29 is 4.79 Å². The van der Waals surface area contributed by atoms with E-state index in [1.165, 1.54) is 11.3 Å². The van der Waals surface area contributed by atoms with Crippen molar-refractivity contribution in [3.05, 3.63) is 11.6 Å². The fourth-order valence-electron chi connectivity index (χ4n) is 2.24. The topological polar surface area (TPSA) is 71.2 Å². The number of carbonyl (C=O) groups excluding carboxylic acids is 1. The summed E-state index contributed by atoms with van der Waals surface area (Å²) >= 11 is 1.43. The van der Waals surface area contributed by atoms with Gasteiger partial charge in [-0.1, -0.05) is 0 Å². The average Bonchev–Trinajstić information content (AvgIpc) is 2.89. The molecule has 1 saturated heterocycles. The lowest BCUT2D eigenvalue weighted by molar-refractivity contribution is -0.117. The van der Waals surface area contributed by atoms with Crippen LogP contribution in [-0.2, 0) is 4.79 Å². The number of likely N-dealkylation sites (tertiary alicyclic amines) is 1. The second kappa shape index (κ2) is 5.57. The van der Waals surface area contributed by atoms with Crippen LogP contribution >= 0.6 is 11.3 Å². The first-order valence-electron chi connectivity index (χ1n) is 5.82. The van der Waals surface area contributed by atoms with Crippen molar-refractivity contribution in [3.8, 4) is 0 Å². The lowest BCUT2D eigenvalue weighted by atomic mass is 10.1. The molecule has 1 aliphatic rings. The highest BCUT2D eigenvalue weighted by molar-refractivity contribution is 7.13. The zero-order chi connectivity index (χ0) is 12.3. The van der Waals surface area contributed by atoms with E-state index in [-0.39, 0.29) is 5.91 Å². The van der Waals surface area contributed by atoms with Crippen molar-refractivity contribution in [2.75, 3.05) is 25.0 Å². The summed E-state index contributed by atoms with van der Waals surface area (Å²) < 4.78 is 0. The Balaban J connectivity index is 1.82. The van der Waals surface area contributed by atoms with E-state index >= 15 is 0 Å². The Morgan fingerprint density at radius 2 is 2.59 bits per heavy atom. The van der Waals surface area contributed by atoms with E-state index in [9.17, 15) is 4.79 Å². The first kappa shape index (κ1) is 12.5. The molecule has 0 radical (unpaired) electrons. The molecule has 5 nitrogen and oxygen atoms in total. The number of hydrogen-bond acceptors (Lipinski definition) is 5. The third-order valence-corrected chi connectivity index (χ3v) is 3.84. The zero-order valence-corrected chi connectivity index (χ0v) is 10.7. The molecule has 2 rings (SSSR count). The third kappa shape index (κ3) is 3.24. The quantitative estimate of drug-likeness (QED) is 0.832. The number of hydrogen-bond donors (Lipinski definition) is 2. The van der Waals surface area contributed by atoms with Crippen LogP contribution in [-0.4, -0.2) is 41.5 Å². The molecule has 3 N–H and O–H groups in total. The molecular weight excluding hydrogens is 236 g/mol. The lowest BCUT2D eigenvalue weighted by Crippen LogP contribution is -2.35. The summed E-state index contributed by atoms with van der Waals surface area (Å²) in [4.78, 5) is 18.0. The van der Waals surface area contributed by atoms with Crippen LogP contribution in [0.5, 0.6) is 0 Å². The van der Waals surface area contributed by atoms with Gasteiger partial charge in [-0.3, -0.25) is 9.69 Å². The summed E-state index contributed by atoms with van der Waals surface area (Å²) in [5.74, 6) is 0.530. The van der Waals surface area contributed by atoms with Gasteiger partial charge in [0.2, 0.25) is 5.91 Å². The van der Waals surface area contributed by atoms with Gasteiger partial charge in [-0.25, -0.2) is 4.98 Å². The minimum absolute atomic E-state index is 0.00414. The fourth-order valence-corrected chi connectivity index (χ4v) is 2.78. The first-order valence-corrected chi connectivity index (χ1v) is 6.70. The van der Waals surface area contributed by atoms with Crippen LogP contribution in [0.2, 0.25) is 0 Å². The summed E-state index contributed by atoms with van der Waals surface area (Å²) in [5, 5.41) is 5.31. The van der Waals surface area contributed by atoms with Crippen LogP contribution < -0.4 is 11.1 Å². The van der Waals surface area contributed by atoms with E-state index in [4.69, 9.17) is 5.73 Å². The van der Waals surface area contributed by atoms with Gasteiger partial charge in [0.25, 0.3) is 0 Å². The molecule has 2 unspecified atom stereocenters. The summed E-state index contributed by atoms with van der Waals surface area (Å²) in [6, 6.07) is 0.436. The standard InChI is InChI=1S/C11H18N4OS/c1-8-4-9(5-12)6-15(8)7-10(16)14-11-13-2-3-17-11/h2-3,8-9H,4-7,12H2,1H3,(H,13,14,16). The molecule has 1 aromatic heterocycles. The molecule has 17 heavy (non-hydrogen) atoms. The molecule has 1 amide bonds. The second-order valence-electron chi connectivity index (χ2n) is 4.50. The first-order chi connectivity index (χ1) is 8.19. The Labute approximate surface area is 105 Å². The van der Waals surface area contributed by atoms with E-state index in [2.05, 4.69) is 22.1 Å². The molecule has 2 heterocycles. The van der Waals surface area contributed by atoms with E-state index < -0.39 is 0 Å². The maximum absolute atomic E-state index is 11.8. The van der Waals surface area contributed by atoms with Gasteiger partial charge in [-0.05, 0) is 25.8 Å². The summed E-state index contributed by atoms with van der Waals surface area (Å²) in [7, 11) is 0. The molecule has 6 heteroatoms. The van der Waals surface area contributed by atoms with Crippen LogP contribution in [0.25, 0.3) is 0 Å². The molecule has 0 spiro atoms. The van der Waals surface area contributed by atoms with Gasteiger partial charge >= 0.3 is 0 Å². The molecule has 94 valence electrons. The number of amides is 1. The lowest BCUT2D eigenvalue weighted by Gasteiger charge is -2.19. The maximum Gasteiger partial charge on any atom is 0.240 e. The monoisotopic (exact) mass is 254 g/mol. The molecule has 1 fully saturated rings. The van der Waals surface area contributed by atoms with Crippen LogP contribution in [0.1, 0.15) is 13.3 Å². The smallest absolute Gasteiger partial charge is 0.240 e. The summed E-state index contributed by atoms with van der Waals surface area (Å²) in [5.41, 5.74) is 5.66. The van der Waals surface area contributed by atoms with Crippen molar-refractivity contribution in [2.45, 2.75) is 19.4 Å². The maximum atomic E-state index is 11.8. The fraction of sp³-hybridized carbons (Fsp3) is 0.636. The van der Waals surface area contributed by atoms with Gasteiger partial charge < -0.3 is 11.1 Å². The van der Waals surface area contributed by atoms with Gasteiger partial charge in [0, 0.05) is 24.2 Å². The largest absolute Gasteiger partial charge is 0.330 e. The van der Waals surface area contributed by atoms with Gasteiger partial charge in [-0.15, -0.1) is 11.3 Å². The van der Waals surface area contributed by atoms with Crippen molar-refractivity contribution in [1.29, 1.82) is 0 Å². The van der Waals surface area contributed by atoms with Crippen molar-refractivity contribution in [2.24, 2.45) is 11.7 Å². The number of nitrogens with two attached hydrogens (primary N) is 1. The van der Waals surface area contributed by atoms with Gasteiger partial charge in [0.05, 0.1) is 6.54 Å². The Hall–Kier alpha value is -0.980. The van der Waals surface area contributed by atoms with Crippen LogP contribution in [0, 0.1) is 5.92 Å². The number of carbonyl (C=O) groups is 1. The predicted octanol–water partition coefficient (Wildman–Crippen LogP) is 0.751. The molecule has 0 aromatic carbocycles. The van der Waals surface area contributed by atoms with Gasteiger partial charge in [0.1, 0.15) is 0 Å². The Kier molecular flexibility index (Phi) is 4.09. The van der Waals surface area contributed by atoms with Gasteiger partial charge in [0.15, 0.2) is 5.13 Å². The SMILES string of the molecule is CC1CC(CN)CN1CC(=O)Nc1nccs1. The number of nitrogens with one attached hydrogen (secondary N) is 1. The van der Waals surface area contributed by atoms with E-state index in [1.54, 1.807) is 6.20 Å². The number of nitrogens with zero attached hydrogens (tertiary/aromatic N) is 2. The summed E-state index contributed by atoms with van der Waals surface area (Å²) in [6.45, 7) is 4.20. The van der Waals surface area contributed by atoms with Gasteiger partial charge in [-0.2, -0.15) is 0 Å². The Bertz CT molecular complexity index is 368. The summed E-state index contributed by atoms with van der Waals surface area (Å²) in [6.07, 6.45) is 2.77. The molecule has 0 bridgehead atoms. The van der Waals surface area contributed by atoms with E-state index in [0.717, 1.165) is 13.0 Å². The average molecular weight is 254 g/mol. The zero-order valence-electron chi connectivity index (χ0n) is 9.93. The molecule has 2 atom stereocenters. The molecular formula is C11H18N4OS. The molecule has 0 aliphatic carbocycles. The molecule has 1 aromatic rings. The Morgan fingerprint density at radius 1 is 1.76 bits per heavy atom. The number of aromatic nitrogens is 1. The minimum atomic E-state index is 0.00414. The van der Waals surface area contributed by atoms with Crippen LogP contribution in [0.15, 0.2) is 11.6 Å². The van der Waals surface area contributed by atoms with Crippen molar-refractivity contribution >= 4 is 22.4 Å². The normalized spacial score (nSPS) is 25.1. The van der Waals surface area contributed by atoms with E-state index in [1.807, 2.05) is 5.38 Å². The highest BCUT2D eigenvalue weighted by Gasteiger charge is 2.29. The second-order valence-corrected chi connectivity index (χ2v) is 5.40. The predicted molar refractivity (Wildman–Crippen MR) is 68.9 cm³/mol. The highest BCUT2D eigenvalue weighted by Crippen LogP contribution is 2.21. The number of thiazole rings is 1. The van der Waals surface area contributed by atoms with Crippen molar-refractivity contribution in [3.63, 3.8) is 0 Å². The number of anilines is 1. The van der Waals surface area contributed by atoms with E-state index in [0.29, 0.717) is 30.2 Å². The molecule has 0 saturated carbocycles. The molecule has 1 aliphatic heterocycles. The van der Waals surface area contributed by atoms with Crippen molar-refractivity contribution in [1.82, 2.24) is 9.88 Å². The van der Waals surface area contributed by atoms with Crippen LogP contribution in [0.3, 0.4) is 0 Å². The minimum Gasteiger partial charge on any atom is -0.330 e.